The molecule has 102 valence electrons. The molecule has 0 aliphatic rings. The lowest BCUT2D eigenvalue weighted by Gasteiger charge is -2.05. The third-order valence-electron chi connectivity index (χ3n) is 3.49. The number of hydrogen-bond donors (Lipinski definition) is 2. The molecule has 0 radical (unpaired) electrons. The molecule has 5 nitrogen and oxygen atoms in total. The number of rotatable bonds is 2. The first kappa shape index (κ1) is 11.7. The predicted octanol–water partition coefficient (Wildman–Crippen LogP) is 3.07. The van der Waals surface area contributed by atoms with E-state index in [1.54, 1.807) is 16.9 Å². The lowest BCUT2D eigenvalue weighted by Crippen LogP contribution is -2.11. The highest BCUT2D eigenvalue weighted by molar-refractivity contribution is 6.12. The maximum absolute atomic E-state index is 12.4. The summed E-state index contributed by atoms with van der Waals surface area (Å²) >= 11 is 0. The van der Waals surface area contributed by atoms with Crippen molar-refractivity contribution in [1.29, 1.82) is 0 Å². The number of H-pyrrole nitrogens is 1. The molecule has 2 N–H and O–H groups in total. The van der Waals surface area contributed by atoms with Gasteiger partial charge in [0, 0.05) is 35.2 Å². The highest BCUT2D eigenvalue weighted by Gasteiger charge is 2.12. The van der Waals surface area contributed by atoms with Crippen molar-refractivity contribution in [2.24, 2.45) is 0 Å². The standard InChI is InChI=1S/C16H12N4O/c21-16(14-10-17-15-4-2-1-3-13(14)15)19-11-6-8-20-12(9-11)5-7-18-20/h1-10,17H,(H,19,21). The number of aromatic nitrogens is 3. The maximum atomic E-state index is 12.4. The molecule has 21 heavy (non-hydrogen) atoms. The molecular formula is C16H12N4O. The number of aromatic amines is 1. The number of pyridine rings is 1. The maximum Gasteiger partial charge on any atom is 0.257 e. The van der Waals surface area contributed by atoms with E-state index >= 15 is 0 Å². The van der Waals surface area contributed by atoms with Crippen LogP contribution in [-0.2, 0) is 0 Å². The lowest BCUT2D eigenvalue weighted by molar-refractivity contribution is 0.102. The molecule has 0 spiro atoms. The molecule has 5 heteroatoms. The van der Waals surface area contributed by atoms with Crippen LogP contribution < -0.4 is 5.32 Å². The summed E-state index contributed by atoms with van der Waals surface area (Å²) in [5.74, 6) is -0.128. The minimum Gasteiger partial charge on any atom is -0.360 e. The molecule has 1 amide bonds. The fraction of sp³-hybridized carbons (Fsp3) is 0. The van der Waals surface area contributed by atoms with Gasteiger partial charge in [0.25, 0.3) is 5.91 Å². The first-order valence-corrected chi connectivity index (χ1v) is 6.62. The van der Waals surface area contributed by atoms with Gasteiger partial charge in [0.15, 0.2) is 0 Å². The van der Waals surface area contributed by atoms with E-state index in [0.29, 0.717) is 5.56 Å². The Morgan fingerprint density at radius 2 is 2.10 bits per heavy atom. The molecule has 0 saturated heterocycles. The van der Waals surface area contributed by atoms with Crippen molar-refractivity contribution in [1.82, 2.24) is 14.6 Å². The molecule has 3 heterocycles. The van der Waals surface area contributed by atoms with Crippen LogP contribution in [0.25, 0.3) is 16.4 Å². The first-order valence-electron chi connectivity index (χ1n) is 6.62. The predicted molar refractivity (Wildman–Crippen MR) is 81.4 cm³/mol. The molecule has 3 aromatic heterocycles. The summed E-state index contributed by atoms with van der Waals surface area (Å²) in [5.41, 5.74) is 3.28. The van der Waals surface area contributed by atoms with E-state index in [1.807, 2.05) is 48.7 Å². The van der Waals surface area contributed by atoms with Gasteiger partial charge in [-0.3, -0.25) is 4.79 Å². The van der Waals surface area contributed by atoms with Gasteiger partial charge in [0.1, 0.15) is 0 Å². The Bertz CT molecular complexity index is 951. The number of anilines is 1. The van der Waals surface area contributed by atoms with E-state index < -0.39 is 0 Å². The Morgan fingerprint density at radius 3 is 3.05 bits per heavy atom. The summed E-state index contributed by atoms with van der Waals surface area (Å²) in [4.78, 5) is 15.5. The largest absolute Gasteiger partial charge is 0.360 e. The van der Waals surface area contributed by atoms with Crippen molar-refractivity contribution in [3.8, 4) is 0 Å². The molecule has 0 fully saturated rings. The van der Waals surface area contributed by atoms with E-state index in [2.05, 4.69) is 15.4 Å². The molecular weight excluding hydrogens is 264 g/mol. The number of amides is 1. The summed E-state index contributed by atoms with van der Waals surface area (Å²) in [7, 11) is 0. The molecule has 0 atom stereocenters. The van der Waals surface area contributed by atoms with Gasteiger partial charge in [-0.05, 0) is 24.3 Å². The van der Waals surface area contributed by atoms with E-state index in [4.69, 9.17) is 0 Å². The van der Waals surface area contributed by atoms with Gasteiger partial charge in [-0.1, -0.05) is 18.2 Å². The average molecular weight is 276 g/mol. The summed E-state index contributed by atoms with van der Waals surface area (Å²) < 4.78 is 1.75. The molecule has 1 aromatic carbocycles. The molecule has 0 aliphatic heterocycles. The van der Waals surface area contributed by atoms with Crippen LogP contribution in [0.3, 0.4) is 0 Å². The normalized spacial score (nSPS) is 11.0. The van der Waals surface area contributed by atoms with Gasteiger partial charge in [0.2, 0.25) is 0 Å². The van der Waals surface area contributed by atoms with Crippen LogP contribution >= 0.6 is 0 Å². The van der Waals surface area contributed by atoms with Gasteiger partial charge in [0.05, 0.1) is 11.1 Å². The Morgan fingerprint density at radius 1 is 1.19 bits per heavy atom. The van der Waals surface area contributed by atoms with Crippen LogP contribution in [0.2, 0.25) is 0 Å². The second-order valence-electron chi connectivity index (χ2n) is 4.82. The second-order valence-corrected chi connectivity index (χ2v) is 4.82. The second kappa shape index (κ2) is 4.49. The number of hydrogen-bond acceptors (Lipinski definition) is 2. The Balaban J connectivity index is 1.68. The van der Waals surface area contributed by atoms with Crippen molar-refractivity contribution < 1.29 is 4.79 Å². The van der Waals surface area contributed by atoms with Crippen molar-refractivity contribution >= 4 is 28.0 Å². The number of nitrogens with zero attached hydrogens (tertiary/aromatic N) is 2. The van der Waals surface area contributed by atoms with Crippen LogP contribution in [0.4, 0.5) is 5.69 Å². The SMILES string of the molecule is O=C(Nc1ccn2nccc2c1)c1c[nH]c2ccccc12. The fourth-order valence-electron chi connectivity index (χ4n) is 2.46. The van der Waals surface area contributed by atoms with E-state index in [-0.39, 0.29) is 5.91 Å². The van der Waals surface area contributed by atoms with Crippen molar-refractivity contribution in [3.63, 3.8) is 0 Å². The summed E-state index contributed by atoms with van der Waals surface area (Å²) in [5, 5.41) is 7.96. The monoisotopic (exact) mass is 276 g/mol. The smallest absolute Gasteiger partial charge is 0.257 e. The molecule has 0 aliphatic carbocycles. The van der Waals surface area contributed by atoms with Gasteiger partial charge in [-0.25, -0.2) is 4.52 Å². The number of benzene rings is 1. The third-order valence-corrected chi connectivity index (χ3v) is 3.49. The van der Waals surface area contributed by atoms with Gasteiger partial charge >= 0.3 is 0 Å². The van der Waals surface area contributed by atoms with Gasteiger partial charge in [-0.2, -0.15) is 5.10 Å². The van der Waals surface area contributed by atoms with Crippen LogP contribution in [0.15, 0.2) is 61.1 Å². The van der Waals surface area contributed by atoms with E-state index in [0.717, 1.165) is 22.1 Å². The quantitative estimate of drug-likeness (QED) is 0.591. The van der Waals surface area contributed by atoms with Crippen molar-refractivity contribution in [2.45, 2.75) is 0 Å². The number of carbonyl (C=O) groups is 1. The van der Waals surface area contributed by atoms with Crippen LogP contribution in [0, 0.1) is 0 Å². The lowest BCUT2D eigenvalue weighted by atomic mass is 10.1. The van der Waals surface area contributed by atoms with Gasteiger partial charge in [-0.15, -0.1) is 0 Å². The van der Waals surface area contributed by atoms with Crippen LogP contribution in [-0.4, -0.2) is 20.5 Å². The number of fused-ring (bicyclic) bond motifs is 2. The zero-order valence-corrected chi connectivity index (χ0v) is 11.1. The van der Waals surface area contributed by atoms with Crippen molar-refractivity contribution in [3.05, 3.63) is 66.6 Å². The topological polar surface area (TPSA) is 62.2 Å². The average Bonchev–Trinajstić information content (AvgIpc) is 3.13. The van der Waals surface area contributed by atoms with E-state index in [9.17, 15) is 4.79 Å². The van der Waals surface area contributed by atoms with Crippen LogP contribution in [0.1, 0.15) is 10.4 Å². The van der Waals surface area contributed by atoms with Crippen molar-refractivity contribution in [2.75, 3.05) is 5.32 Å². The zero-order chi connectivity index (χ0) is 14.2. The molecule has 4 aromatic rings. The molecule has 4 rings (SSSR count). The first-order chi connectivity index (χ1) is 10.3. The zero-order valence-electron chi connectivity index (χ0n) is 11.1. The fourth-order valence-corrected chi connectivity index (χ4v) is 2.46. The Kier molecular flexibility index (Phi) is 2.50. The molecule has 0 bridgehead atoms. The minimum atomic E-state index is -0.128. The Labute approximate surface area is 120 Å². The molecule has 0 saturated carbocycles. The number of carbonyl (C=O) groups excluding carboxylic acids is 1. The highest BCUT2D eigenvalue weighted by atomic mass is 16.1. The minimum absolute atomic E-state index is 0.128. The van der Waals surface area contributed by atoms with E-state index in [1.165, 1.54) is 0 Å². The summed E-state index contributed by atoms with van der Waals surface area (Å²) in [6.45, 7) is 0. The highest BCUT2D eigenvalue weighted by Crippen LogP contribution is 2.19. The summed E-state index contributed by atoms with van der Waals surface area (Å²) in [6, 6.07) is 13.3. The van der Waals surface area contributed by atoms with Gasteiger partial charge < -0.3 is 10.3 Å². The molecule has 0 unspecified atom stereocenters. The third kappa shape index (κ3) is 1.95. The number of para-hydroxylation sites is 1. The Hall–Kier alpha value is -3.08. The van der Waals surface area contributed by atoms with Crippen LogP contribution in [0.5, 0.6) is 0 Å². The number of nitrogens with one attached hydrogen (secondary N) is 2. The summed E-state index contributed by atoms with van der Waals surface area (Å²) in [6.07, 6.45) is 5.28.